The van der Waals surface area contributed by atoms with E-state index in [1.54, 1.807) is 41.5 Å². The van der Waals surface area contributed by atoms with Crippen molar-refractivity contribution in [2.24, 2.45) is 0 Å². The highest BCUT2D eigenvalue weighted by molar-refractivity contribution is 6.33. The largest absolute Gasteiger partial charge is 0.322 e. The fourth-order valence-corrected chi connectivity index (χ4v) is 3.00. The van der Waals surface area contributed by atoms with Gasteiger partial charge in [-0.3, -0.25) is 9.78 Å². The number of halogens is 1. The number of carbonyl (C=O) groups excluding carboxylic acids is 1. The second-order valence-electron chi connectivity index (χ2n) is 6.15. The topological polar surface area (TPSA) is 72.7 Å². The molecule has 0 fully saturated rings. The number of benzene rings is 2. The number of rotatable bonds is 5. The molecule has 0 aliphatic heterocycles. The lowest BCUT2D eigenvalue weighted by atomic mass is 10.1. The van der Waals surface area contributed by atoms with Gasteiger partial charge in [0.2, 0.25) is 0 Å². The molecule has 0 saturated carbocycles. The summed E-state index contributed by atoms with van der Waals surface area (Å²) < 4.78 is 1.72. The van der Waals surface area contributed by atoms with Gasteiger partial charge in [0.25, 0.3) is 5.91 Å². The summed E-state index contributed by atoms with van der Waals surface area (Å²) in [6, 6.07) is 18.3. The highest BCUT2D eigenvalue weighted by atomic mass is 35.5. The van der Waals surface area contributed by atoms with Gasteiger partial charge in [-0.25, -0.2) is 9.67 Å². The fourth-order valence-electron chi connectivity index (χ4n) is 2.79. The lowest BCUT2D eigenvalue weighted by Gasteiger charge is -2.10. The number of anilines is 1. The Bertz CT molecular complexity index is 1080. The van der Waals surface area contributed by atoms with Crippen LogP contribution in [0.4, 0.5) is 5.69 Å². The predicted molar refractivity (Wildman–Crippen MR) is 108 cm³/mol. The van der Waals surface area contributed by atoms with Gasteiger partial charge in [-0.2, -0.15) is 5.10 Å². The Kier molecular flexibility index (Phi) is 5.12. The van der Waals surface area contributed by atoms with Crippen LogP contribution in [-0.2, 0) is 6.54 Å². The van der Waals surface area contributed by atoms with E-state index in [1.807, 2.05) is 36.4 Å². The molecule has 6 nitrogen and oxygen atoms in total. The molecule has 1 amide bonds. The number of hydrogen-bond acceptors (Lipinski definition) is 4. The maximum Gasteiger partial charge on any atom is 0.255 e. The van der Waals surface area contributed by atoms with Gasteiger partial charge < -0.3 is 5.32 Å². The molecule has 1 N–H and O–H groups in total. The highest BCUT2D eigenvalue weighted by Gasteiger charge is 2.10. The summed E-state index contributed by atoms with van der Waals surface area (Å²) in [5.74, 6) is -0.193. The summed E-state index contributed by atoms with van der Waals surface area (Å²) in [5.41, 5.74) is 3.77. The van der Waals surface area contributed by atoms with E-state index in [9.17, 15) is 4.79 Å². The maximum absolute atomic E-state index is 12.6. The molecule has 0 atom stereocenters. The van der Waals surface area contributed by atoms with Crippen molar-refractivity contribution in [3.63, 3.8) is 0 Å². The number of nitrogens with zero attached hydrogens (tertiary/aromatic N) is 4. The van der Waals surface area contributed by atoms with E-state index in [-0.39, 0.29) is 5.91 Å². The van der Waals surface area contributed by atoms with E-state index in [0.717, 1.165) is 16.8 Å². The van der Waals surface area contributed by atoms with Crippen molar-refractivity contribution < 1.29 is 4.79 Å². The second-order valence-corrected chi connectivity index (χ2v) is 6.56. The minimum atomic E-state index is -0.193. The van der Waals surface area contributed by atoms with Crippen LogP contribution in [0, 0.1) is 0 Å². The van der Waals surface area contributed by atoms with Gasteiger partial charge in [-0.05, 0) is 48.0 Å². The van der Waals surface area contributed by atoms with Crippen LogP contribution in [0.25, 0.3) is 11.3 Å². The Hall–Kier alpha value is -3.51. The molecular weight excluding hydrogens is 374 g/mol. The van der Waals surface area contributed by atoms with Crippen molar-refractivity contribution in [3.05, 3.63) is 95.7 Å². The number of nitrogens with one attached hydrogen (secondary N) is 1. The van der Waals surface area contributed by atoms with Crippen molar-refractivity contribution in [1.29, 1.82) is 0 Å². The standard InChI is InChI=1S/C21H16ClN5O/c22-19-9-8-17(11-18(19)20-3-1-2-10-24-20)26-21(28)16-6-4-15(5-7-16)12-27-14-23-13-25-27/h1-11,13-14H,12H2,(H,26,28). The first-order valence-electron chi connectivity index (χ1n) is 8.63. The SMILES string of the molecule is O=C(Nc1ccc(Cl)c(-c2ccccn2)c1)c1ccc(Cn2cncn2)cc1. The van der Waals surface area contributed by atoms with E-state index in [1.165, 1.54) is 6.33 Å². The van der Waals surface area contributed by atoms with Crippen molar-refractivity contribution in [2.75, 3.05) is 5.32 Å². The van der Waals surface area contributed by atoms with Gasteiger partial charge in [0, 0.05) is 23.0 Å². The number of aromatic nitrogens is 4. The molecule has 0 radical (unpaired) electrons. The molecule has 0 saturated heterocycles. The first-order chi connectivity index (χ1) is 13.7. The monoisotopic (exact) mass is 389 g/mol. The van der Waals surface area contributed by atoms with E-state index in [4.69, 9.17) is 11.6 Å². The Morgan fingerprint density at radius 2 is 1.93 bits per heavy atom. The van der Waals surface area contributed by atoms with E-state index in [2.05, 4.69) is 20.4 Å². The van der Waals surface area contributed by atoms with Crippen LogP contribution in [0.5, 0.6) is 0 Å². The van der Waals surface area contributed by atoms with Crippen LogP contribution < -0.4 is 5.32 Å². The number of carbonyl (C=O) groups is 1. The molecular formula is C21H16ClN5O. The molecule has 0 aliphatic rings. The third-order valence-corrected chi connectivity index (χ3v) is 4.52. The molecule has 4 rings (SSSR count). The summed E-state index contributed by atoms with van der Waals surface area (Å²) in [6.45, 7) is 0.604. The summed E-state index contributed by atoms with van der Waals surface area (Å²) in [4.78, 5) is 20.8. The molecule has 4 aromatic rings. The Balaban J connectivity index is 1.49. The lowest BCUT2D eigenvalue weighted by molar-refractivity contribution is 0.102. The van der Waals surface area contributed by atoms with Gasteiger partial charge in [-0.1, -0.05) is 29.8 Å². The maximum atomic E-state index is 12.6. The highest BCUT2D eigenvalue weighted by Crippen LogP contribution is 2.29. The van der Waals surface area contributed by atoms with E-state index < -0.39 is 0 Å². The average molecular weight is 390 g/mol. The molecule has 2 aromatic heterocycles. The second kappa shape index (κ2) is 8.02. The molecule has 0 aliphatic carbocycles. The molecule has 0 unspecified atom stereocenters. The normalized spacial score (nSPS) is 10.6. The summed E-state index contributed by atoms with van der Waals surface area (Å²) in [6.07, 6.45) is 4.85. The predicted octanol–water partition coefficient (Wildman–Crippen LogP) is 4.29. The first kappa shape index (κ1) is 17.9. The van der Waals surface area contributed by atoms with Gasteiger partial charge in [0.1, 0.15) is 12.7 Å². The average Bonchev–Trinajstić information content (AvgIpc) is 3.23. The Morgan fingerprint density at radius 3 is 2.64 bits per heavy atom. The third kappa shape index (κ3) is 4.07. The molecule has 2 heterocycles. The van der Waals surface area contributed by atoms with Crippen molar-refractivity contribution in [2.45, 2.75) is 6.54 Å². The number of pyridine rings is 1. The van der Waals surface area contributed by atoms with Gasteiger partial charge in [-0.15, -0.1) is 0 Å². The number of amides is 1. The van der Waals surface area contributed by atoms with E-state index >= 15 is 0 Å². The van der Waals surface area contributed by atoms with Crippen molar-refractivity contribution in [3.8, 4) is 11.3 Å². The summed E-state index contributed by atoms with van der Waals surface area (Å²) in [5, 5.41) is 7.56. The summed E-state index contributed by atoms with van der Waals surface area (Å²) >= 11 is 6.30. The quantitative estimate of drug-likeness (QED) is 0.552. The van der Waals surface area contributed by atoms with Crippen LogP contribution in [0.1, 0.15) is 15.9 Å². The molecule has 0 bridgehead atoms. The minimum absolute atomic E-state index is 0.193. The lowest BCUT2D eigenvalue weighted by Crippen LogP contribution is -2.12. The Morgan fingerprint density at radius 1 is 1.07 bits per heavy atom. The Labute approximate surface area is 166 Å². The molecule has 0 spiro atoms. The smallest absolute Gasteiger partial charge is 0.255 e. The van der Waals surface area contributed by atoms with E-state index in [0.29, 0.717) is 22.8 Å². The molecule has 2 aromatic carbocycles. The zero-order valence-corrected chi connectivity index (χ0v) is 15.5. The van der Waals surface area contributed by atoms with Crippen LogP contribution in [0.2, 0.25) is 5.02 Å². The molecule has 7 heteroatoms. The van der Waals surface area contributed by atoms with Crippen LogP contribution in [0.15, 0.2) is 79.5 Å². The molecule has 138 valence electrons. The number of hydrogen-bond donors (Lipinski definition) is 1. The van der Waals surface area contributed by atoms with Crippen LogP contribution >= 0.6 is 11.6 Å². The minimum Gasteiger partial charge on any atom is -0.322 e. The van der Waals surface area contributed by atoms with Crippen LogP contribution in [-0.4, -0.2) is 25.7 Å². The van der Waals surface area contributed by atoms with Gasteiger partial charge in [0.05, 0.1) is 17.3 Å². The molecule has 28 heavy (non-hydrogen) atoms. The van der Waals surface area contributed by atoms with Crippen molar-refractivity contribution in [1.82, 2.24) is 19.7 Å². The van der Waals surface area contributed by atoms with Crippen molar-refractivity contribution >= 4 is 23.2 Å². The fraction of sp³-hybridized carbons (Fsp3) is 0.0476. The zero-order chi connectivity index (χ0) is 19.3. The first-order valence-corrected chi connectivity index (χ1v) is 9.00. The van der Waals surface area contributed by atoms with Gasteiger partial charge >= 0.3 is 0 Å². The van der Waals surface area contributed by atoms with Crippen LogP contribution in [0.3, 0.4) is 0 Å². The third-order valence-electron chi connectivity index (χ3n) is 4.19. The summed E-state index contributed by atoms with van der Waals surface area (Å²) in [7, 11) is 0. The van der Waals surface area contributed by atoms with Gasteiger partial charge in [0.15, 0.2) is 0 Å². The zero-order valence-electron chi connectivity index (χ0n) is 14.8.